The number of para-hydroxylation sites is 4. The molecule has 57 heavy (non-hydrogen) atoms. The predicted molar refractivity (Wildman–Crippen MR) is 235 cm³/mol. The number of hydrogen-bond donors (Lipinski definition) is 0. The van der Waals surface area contributed by atoms with Crippen LogP contribution in [0.25, 0.3) is 76.6 Å². The van der Waals surface area contributed by atoms with Crippen LogP contribution in [0.15, 0.2) is 207 Å². The van der Waals surface area contributed by atoms with Gasteiger partial charge in [-0.2, -0.15) is 0 Å². The maximum atomic E-state index is 7.24. The molecule has 0 atom stereocenters. The molecule has 268 valence electrons. The van der Waals surface area contributed by atoms with E-state index in [2.05, 4.69) is 180 Å². The van der Waals surface area contributed by atoms with E-state index in [9.17, 15) is 0 Å². The summed E-state index contributed by atoms with van der Waals surface area (Å²) < 4.78 is 20.3. The molecule has 12 rings (SSSR count). The minimum absolute atomic E-state index is 0.769. The summed E-state index contributed by atoms with van der Waals surface area (Å²) in [4.78, 5) is 4.62. The molecule has 5 heteroatoms. The first-order valence-electron chi connectivity index (χ1n) is 19.2. The first-order valence-corrected chi connectivity index (χ1v) is 19.2. The number of rotatable bonds is 6. The molecule has 0 bridgehead atoms. The molecule has 12 aromatic rings. The molecular formula is C52H32N2O3. The van der Waals surface area contributed by atoms with Crippen molar-refractivity contribution in [2.75, 3.05) is 9.80 Å². The predicted octanol–water partition coefficient (Wildman–Crippen LogP) is 15.5. The molecule has 0 fully saturated rings. The summed E-state index contributed by atoms with van der Waals surface area (Å²) in [6, 6.07) is 67.7. The van der Waals surface area contributed by atoms with Gasteiger partial charge in [-0.15, -0.1) is 0 Å². The Morgan fingerprint density at radius 2 is 0.754 bits per heavy atom. The van der Waals surface area contributed by atoms with Crippen LogP contribution >= 0.6 is 0 Å². The minimum atomic E-state index is 0.769. The largest absolute Gasteiger partial charge is 0.456 e. The smallest absolute Gasteiger partial charge is 0.161 e. The Labute approximate surface area is 326 Å². The molecular weight excluding hydrogens is 701 g/mol. The molecule has 0 radical (unpaired) electrons. The second-order valence-electron chi connectivity index (χ2n) is 14.5. The van der Waals surface area contributed by atoms with E-state index in [4.69, 9.17) is 13.3 Å². The van der Waals surface area contributed by atoms with Crippen molar-refractivity contribution in [3.05, 3.63) is 194 Å². The molecule has 0 aliphatic carbocycles. The number of nitrogens with zero attached hydrogens (tertiary/aromatic N) is 2. The second-order valence-corrected chi connectivity index (χ2v) is 14.5. The molecule has 0 saturated carbocycles. The number of furan rings is 3. The molecule has 9 aromatic carbocycles. The van der Waals surface area contributed by atoms with Crippen molar-refractivity contribution in [1.82, 2.24) is 0 Å². The van der Waals surface area contributed by atoms with Crippen molar-refractivity contribution < 1.29 is 13.3 Å². The van der Waals surface area contributed by atoms with Gasteiger partial charge >= 0.3 is 0 Å². The summed E-state index contributed by atoms with van der Waals surface area (Å²) in [5.74, 6) is 0. The summed E-state index contributed by atoms with van der Waals surface area (Å²) >= 11 is 0. The fourth-order valence-electron chi connectivity index (χ4n) is 8.64. The van der Waals surface area contributed by atoms with E-state index in [1.54, 1.807) is 0 Å². The zero-order valence-corrected chi connectivity index (χ0v) is 30.6. The highest BCUT2D eigenvalue weighted by Gasteiger charge is 2.29. The summed E-state index contributed by atoms with van der Waals surface area (Å²) in [5, 5.41) is 8.57. The van der Waals surface area contributed by atoms with Gasteiger partial charge in [-0.1, -0.05) is 103 Å². The third-order valence-electron chi connectivity index (χ3n) is 11.2. The van der Waals surface area contributed by atoms with Gasteiger partial charge in [0.05, 0.1) is 17.1 Å². The van der Waals surface area contributed by atoms with Crippen molar-refractivity contribution in [2.45, 2.75) is 0 Å². The molecule has 3 aromatic heterocycles. The summed E-state index contributed by atoms with van der Waals surface area (Å²) in [5.41, 5.74) is 10.6. The molecule has 0 aliphatic rings. The zero-order valence-electron chi connectivity index (χ0n) is 30.6. The van der Waals surface area contributed by atoms with Gasteiger partial charge in [-0.3, -0.25) is 0 Å². The van der Waals surface area contributed by atoms with E-state index in [1.165, 1.54) is 0 Å². The van der Waals surface area contributed by atoms with Crippen molar-refractivity contribution in [1.29, 1.82) is 0 Å². The highest BCUT2D eigenvalue weighted by molar-refractivity contribution is 6.20. The van der Waals surface area contributed by atoms with Crippen LogP contribution in [-0.2, 0) is 0 Å². The van der Waals surface area contributed by atoms with E-state index in [0.717, 1.165) is 111 Å². The van der Waals surface area contributed by atoms with E-state index >= 15 is 0 Å². The van der Waals surface area contributed by atoms with Crippen LogP contribution in [0.2, 0.25) is 0 Å². The monoisotopic (exact) mass is 732 g/mol. The van der Waals surface area contributed by atoms with Crippen molar-refractivity contribution >= 4 is 111 Å². The van der Waals surface area contributed by atoms with Gasteiger partial charge in [0.1, 0.15) is 33.6 Å². The first-order chi connectivity index (χ1) is 28.3. The average molecular weight is 733 g/mol. The quantitative estimate of drug-likeness (QED) is 0.170. The minimum Gasteiger partial charge on any atom is -0.456 e. The molecule has 0 saturated heterocycles. The lowest BCUT2D eigenvalue weighted by molar-refractivity contribution is 0.668. The van der Waals surface area contributed by atoms with Crippen LogP contribution in [0, 0.1) is 0 Å². The van der Waals surface area contributed by atoms with Crippen molar-refractivity contribution in [3.63, 3.8) is 0 Å². The van der Waals surface area contributed by atoms with Crippen LogP contribution in [0.3, 0.4) is 0 Å². The van der Waals surface area contributed by atoms with E-state index < -0.39 is 0 Å². The second kappa shape index (κ2) is 12.4. The normalized spacial score (nSPS) is 11.9. The van der Waals surface area contributed by atoms with Gasteiger partial charge in [0.15, 0.2) is 5.58 Å². The van der Waals surface area contributed by atoms with Crippen molar-refractivity contribution in [3.8, 4) is 0 Å². The van der Waals surface area contributed by atoms with E-state index in [0.29, 0.717) is 0 Å². The fourth-order valence-corrected chi connectivity index (χ4v) is 8.64. The number of benzene rings is 9. The van der Waals surface area contributed by atoms with Gasteiger partial charge in [0, 0.05) is 61.2 Å². The molecule has 0 N–H and O–H groups in total. The van der Waals surface area contributed by atoms with E-state index in [-0.39, 0.29) is 0 Å². The maximum absolute atomic E-state index is 7.24. The molecule has 0 amide bonds. The Morgan fingerprint density at radius 1 is 0.281 bits per heavy atom. The lowest BCUT2D eigenvalue weighted by Crippen LogP contribution is -2.17. The van der Waals surface area contributed by atoms with Gasteiger partial charge in [0.2, 0.25) is 0 Å². The molecule has 5 nitrogen and oxygen atoms in total. The molecule has 0 unspecified atom stereocenters. The number of fused-ring (bicyclic) bond motifs is 11. The highest BCUT2D eigenvalue weighted by Crippen LogP contribution is 2.52. The SMILES string of the molecule is c1ccc(N(c2ccccc2)c2ccc3c(oc4c5ccccc5ccc34)c2N(c2ccc3c(c2)oc2ccccc23)c2ccc3c(c2)oc2ccccc23)cc1. The molecule has 3 heterocycles. The lowest BCUT2D eigenvalue weighted by Gasteiger charge is -2.33. The van der Waals surface area contributed by atoms with E-state index in [1.807, 2.05) is 24.3 Å². The summed E-state index contributed by atoms with van der Waals surface area (Å²) in [7, 11) is 0. The van der Waals surface area contributed by atoms with Gasteiger partial charge < -0.3 is 23.1 Å². The summed E-state index contributed by atoms with van der Waals surface area (Å²) in [6.45, 7) is 0. The Balaban J connectivity index is 1.23. The lowest BCUT2D eigenvalue weighted by atomic mass is 10.0. The van der Waals surface area contributed by atoms with Crippen LogP contribution in [0.4, 0.5) is 34.1 Å². The fraction of sp³-hybridized carbons (Fsp3) is 0. The zero-order chi connectivity index (χ0) is 37.5. The van der Waals surface area contributed by atoms with Crippen LogP contribution in [0.5, 0.6) is 0 Å². The number of hydrogen-bond acceptors (Lipinski definition) is 5. The molecule has 0 spiro atoms. The topological polar surface area (TPSA) is 45.9 Å². The Bertz CT molecular complexity index is 3330. The highest BCUT2D eigenvalue weighted by atomic mass is 16.3. The van der Waals surface area contributed by atoms with Gasteiger partial charge in [0.25, 0.3) is 0 Å². The van der Waals surface area contributed by atoms with Gasteiger partial charge in [-0.25, -0.2) is 0 Å². The Hall–Kier alpha value is -7.76. The standard InChI is InChI=1S/C52H32N2O3/c1-3-14-34(15-4-1)53(35-16-5-2-6-17-35)45-30-29-44-43-26-23-33-13-7-8-18-38(33)51(43)57-52(44)50(45)54(36-24-27-41-39-19-9-11-21-46(39)55-48(41)31-36)37-25-28-42-40-20-10-12-22-47(40)56-49(42)32-37/h1-32H. The van der Waals surface area contributed by atoms with Crippen LogP contribution in [-0.4, -0.2) is 0 Å². The average Bonchev–Trinajstić information content (AvgIpc) is 3.96. The Kier molecular flexibility index (Phi) is 6.86. The van der Waals surface area contributed by atoms with Crippen LogP contribution in [0.1, 0.15) is 0 Å². The molecule has 0 aliphatic heterocycles. The first kappa shape index (κ1) is 31.6. The maximum Gasteiger partial charge on any atom is 0.161 e. The number of anilines is 6. The third kappa shape index (κ3) is 4.89. The Morgan fingerprint density at radius 3 is 1.37 bits per heavy atom. The third-order valence-corrected chi connectivity index (χ3v) is 11.2. The van der Waals surface area contributed by atoms with Crippen molar-refractivity contribution in [2.24, 2.45) is 0 Å². The van der Waals surface area contributed by atoms with Gasteiger partial charge in [-0.05, 0) is 84.2 Å². The van der Waals surface area contributed by atoms with Crippen LogP contribution < -0.4 is 9.80 Å². The summed E-state index contributed by atoms with van der Waals surface area (Å²) in [6.07, 6.45) is 0.